The van der Waals surface area contributed by atoms with Gasteiger partial charge in [-0.25, -0.2) is 0 Å². The van der Waals surface area contributed by atoms with Crippen molar-refractivity contribution < 1.29 is 19.1 Å². The highest BCUT2D eigenvalue weighted by atomic mass is 16.5. The average molecular weight is 370 g/mol. The normalized spacial score (nSPS) is 10.1. The minimum atomic E-state index is -0.297. The van der Waals surface area contributed by atoms with Crippen molar-refractivity contribution in [1.82, 2.24) is 10.9 Å². The molecule has 0 bridgehead atoms. The Morgan fingerprint density at radius 2 is 1.48 bits per heavy atom. The molecule has 6 heteroatoms. The van der Waals surface area contributed by atoms with Gasteiger partial charge < -0.3 is 9.47 Å². The molecule has 0 saturated carbocycles. The lowest BCUT2D eigenvalue weighted by atomic mass is 10.1. The molecule has 2 rings (SSSR count). The van der Waals surface area contributed by atoms with Gasteiger partial charge in [0.25, 0.3) is 0 Å². The van der Waals surface area contributed by atoms with Crippen LogP contribution in [0.3, 0.4) is 0 Å². The molecule has 2 N–H and O–H groups in total. The number of ether oxygens (including phenoxy) is 2. The van der Waals surface area contributed by atoms with Crippen molar-refractivity contribution in [1.29, 1.82) is 0 Å². The summed E-state index contributed by atoms with van der Waals surface area (Å²) in [6, 6.07) is 15.1. The Morgan fingerprint density at radius 1 is 0.815 bits per heavy atom. The number of amides is 2. The summed E-state index contributed by atoms with van der Waals surface area (Å²) in [6.45, 7) is 4.83. The molecule has 0 heterocycles. The van der Waals surface area contributed by atoms with Crippen molar-refractivity contribution >= 4 is 11.8 Å². The summed E-state index contributed by atoms with van der Waals surface area (Å²) < 4.78 is 11.1. The van der Waals surface area contributed by atoms with Crippen molar-refractivity contribution in [2.75, 3.05) is 13.2 Å². The zero-order chi connectivity index (χ0) is 19.5. The first-order valence-corrected chi connectivity index (χ1v) is 9.12. The first-order chi connectivity index (χ1) is 13.1. The largest absolute Gasteiger partial charge is 0.490 e. The zero-order valence-electron chi connectivity index (χ0n) is 15.8. The van der Waals surface area contributed by atoms with E-state index in [1.54, 1.807) is 12.1 Å². The molecule has 6 nitrogen and oxygen atoms in total. The van der Waals surface area contributed by atoms with Crippen molar-refractivity contribution in [3.8, 4) is 11.5 Å². The van der Waals surface area contributed by atoms with E-state index in [0.717, 1.165) is 11.1 Å². The summed E-state index contributed by atoms with van der Waals surface area (Å²) in [5.41, 5.74) is 6.75. The van der Waals surface area contributed by atoms with E-state index in [1.807, 2.05) is 50.2 Å². The molecule has 0 saturated heterocycles. The molecule has 0 unspecified atom stereocenters. The van der Waals surface area contributed by atoms with E-state index in [-0.39, 0.29) is 18.2 Å². The molecule has 2 amide bonds. The molecular formula is C21H26N2O4. The summed E-state index contributed by atoms with van der Waals surface area (Å²) >= 11 is 0. The summed E-state index contributed by atoms with van der Waals surface area (Å²) in [5.74, 6) is 0.734. The van der Waals surface area contributed by atoms with E-state index in [1.165, 1.54) is 0 Å². The predicted octanol–water partition coefficient (Wildman–Crippen LogP) is 2.81. The molecule has 0 aliphatic carbocycles. The average Bonchev–Trinajstić information content (AvgIpc) is 2.68. The number of carbonyl (C=O) groups is 2. The van der Waals surface area contributed by atoms with Gasteiger partial charge >= 0.3 is 0 Å². The Hall–Kier alpha value is -3.02. The van der Waals surface area contributed by atoms with Gasteiger partial charge in [0.05, 0.1) is 19.6 Å². The van der Waals surface area contributed by atoms with E-state index in [9.17, 15) is 9.59 Å². The Labute approximate surface area is 159 Å². The lowest BCUT2D eigenvalue weighted by Gasteiger charge is -2.12. The highest BCUT2D eigenvalue weighted by Crippen LogP contribution is 2.28. The molecule has 0 aliphatic rings. The Kier molecular flexibility index (Phi) is 8.16. The summed E-state index contributed by atoms with van der Waals surface area (Å²) in [5, 5.41) is 0. The summed E-state index contributed by atoms with van der Waals surface area (Å²) in [4.78, 5) is 23.9. The third-order valence-corrected chi connectivity index (χ3v) is 3.80. The van der Waals surface area contributed by atoms with Crippen LogP contribution in [0.5, 0.6) is 11.5 Å². The maximum absolute atomic E-state index is 12.1. The number of hydrogen-bond donors (Lipinski definition) is 2. The SMILES string of the molecule is CCOc1ccc(CC(=O)NNC(=O)CCc2ccccc2)cc1OCC. The molecule has 144 valence electrons. The second-order valence-electron chi connectivity index (χ2n) is 5.91. The van der Waals surface area contributed by atoms with Crippen LogP contribution in [-0.4, -0.2) is 25.0 Å². The molecule has 27 heavy (non-hydrogen) atoms. The number of hydrogen-bond acceptors (Lipinski definition) is 4. The molecular weight excluding hydrogens is 344 g/mol. The van der Waals surface area contributed by atoms with Crippen molar-refractivity contribution in [3.63, 3.8) is 0 Å². The topological polar surface area (TPSA) is 76.7 Å². The highest BCUT2D eigenvalue weighted by molar-refractivity contribution is 5.83. The van der Waals surface area contributed by atoms with Gasteiger partial charge in [0.2, 0.25) is 11.8 Å². The van der Waals surface area contributed by atoms with Gasteiger partial charge in [0.15, 0.2) is 11.5 Å². The van der Waals surface area contributed by atoms with Crippen LogP contribution in [-0.2, 0) is 22.4 Å². The molecule has 2 aromatic rings. The third-order valence-electron chi connectivity index (χ3n) is 3.80. The number of benzene rings is 2. The number of rotatable bonds is 9. The minimum absolute atomic E-state index is 0.130. The van der Waals surface area contributed by atoms with Crippen LogP contribution in [0, 0.1) is 0 Å². The molecule has 2 aromatic carbocycles. The monoisotopic (exact) mass is 370 g/mol. The van der Waals surface area contributed by atoms with Gasteiger partial charge in [-0.2, -0.15) is 0 Å². The standard InChI is InChI=1S/C21H26N2O4/c1-3-26-18-12-10-17(14-19(18)27-4-2)15-21(25)23-22-20(24)13-11-16-8-6-5-7-9-16/h5-10,12,14H,3-4,11,13,15H2,1-2H3,(H,22,24)(H,23,25). The molecule has 0 fully saturated rings. The molecule has 0 aromatic heterocycles. The first kappa shape index (κ1) is 20.3. The molecule has 0 spiro atoms. The fourth-order valence-corrected chi connectivity index (χ4v) is 2.54. The molecule has 0 atom stereocenters. The van der Waals surface area contributed by atoms with Crippen LogP contribution in [0.1, 0.15) is 31.4 Å². The van der Waals surface area contributed by atoms with E-state index in [0.29, 0.717) is 37.6 Å². The van der Waals surface area contributed by atoms with Crippen molar-refractivity contribution in [2.45, 2.75) is 33.1 Å². The van der Waals surface area contributed by atoms with Gasteiger partial charge in [-0.1, -0.05) is 36.4 Å². The van der Waals surface area contributed by atoms with Crippen LogP contribution in [0.4, 0.5) is 0 Å². The molecule has 0 aliphatic heterocycles. The summed E-state index contributed by atoms with van der Waals surface area (Å²) in [6.07, 6.45) is 1.06. The maximum atomic E-state index is 12.1. The fraction of sp³-hybridized carbons (Fsp3) is 0.333. The quantitative estimate of drug-likeness (QED) is 0.666. The second-order valence-corrected chi connectivity index (χ2v) is 5.91. The fourth-order valence-electron chi connectivity index (χ4n) is 2.54. The molecule has 0 radical (unpaired) electrons. The second kappa shape index (κ2) is 10.9. The third kappa shape index (κ3) is 7.01. The van der Waals surface area contributed by atoms with Crippen LogP contribution in [0.25, 0.3) is 0 Å². The maximum Gasteiger partial charge on any atom is 0.242 e. The van der Waals surface area contributed by atoms with Crippen molar-refractivity contribution in [3.05, 3.63) is 59.7 Å². The van der Waals surface area contributed by atoms with Gasteiger partial charge in [0.1, 0.15) is 0 Å². The first-order valence-electron chi connectivity index (χ1n) is 9.12. The van der Waals surface area contributed by atoms with Crippen molar-refractivity contribution in [2.24, 2.45) is 0 Å². The lowest BCUT2D eigenvalue weighted by Crippen LogP contribution is -2.42. The van der Waals surface area contributed by atoms with Gasteiger partial charge in [0, 0.05) is 6.42 Å². The lowest BCUT2D eigenvalue weighted by molar-refractivity contribution is -0.128. The Bertz CT molecular complexity index is 747. The van der Waals surface area contributed by atoms with Crippen LogP contribution < -0.4 is 20.3 Å². The Morgan fingerprint density at radius 3 is 2.19 bits per heavy atom. The van der Waals surface area contributed by atoms with E-state index >= 15 is 0 Å². The van der Waals surface area contributed by atoms with Crippen LogP contribution in [0.2, 0.25) is 0 Å². The number of carbonyl (C=O) groups excluding carboxylic acids is 2. The van der Waals surface area contributed by atoms with E-state index in [4.69, 9.17) is 9.47 Å². The number of nitrogens with one attached hydrogen (secondary N) is 2. The summed E-state index contributed by atoms with van der Waals surface area (Å²) in [7, 11) is 0. The minimum Gasteiger partial charge on any atom is -0.490 e. The number of hydrazine groups is 1. The zero-order valence-corrected chi connectivity index (χ0v) is 15.8. The number of aryl methyl sites for hydroxylation is 1. The van der Waals surface area contributed by atoms with E-state index in [2.05, 4.69) is 10.9 Å². The van der Waals surface area contributed by atoms with Gasteiger partial charge in [-0.3, -0.25) is 20.4 Å². The van der Waals surface area contributed by atoms with E-state index < -0.39 is 0 Å². The highest BCUT2D eigenvalue weighted by Gasteiger charge is 2.10. The van der Waals surface area contributed by atoms with Crippen LogP contribution in [0.15, 0.2) is 48.5 Å². The smallest absolute Gasteiger partial charge is 0.242 e. The van der Waals surface area contributed by atoms with Crippen LogP contribution >= 0.6 is 0 Å². The Balaban J connectivity index is 1.80. The predicted molar refractivity (Wildman–Crippen MR) is 104 cm³/mol. The van der Waals surface area contributed by atoms with Gasteiger partial charge in [-0.15, -0.1) is 0 Å². The van der Waals surface area contributed by atoms with Gasteiger partial charge in [-0.05, 0) is 43.5 Å².